The number of nitrogens with one attached hydrogen (secondary N) is 2. The molecule has 2 rings (SSSR count). The molecule has 0 amide bonds. The first-order chi connectivity index (χ1) is 13.6. The largest absolute Gasteiger partial charge is 0.493 e. The van der Waals surface area contributed by atoms with Crippen LogP contribution in [0.4, 0.5) is 0 Å². The molecule has 0 aromatic heterocycles. The van der Waals surface area contributed by atoms with Crippen LogP contribution in [0.15, 0.2) is 23.2 Å². The van der Waals surface area contributed by atoms with Crippen LogP contribution in [0.3, 0.4) is 0 Å². The molecule has 0 atom stereocenters. The van der Waals surface area contributed by atoms with Crippen molar-refractivity contribution in [2.75, 3.05) is 39.3 Å². The number of likely N-dealkylation sites (tertiary alicyclic amines) is 1. The second kappa shape index (κ2) is 12.6. The Morgan fingerprint density at radius 3 is 2.75 bits per heavy atom. The molecule has 0 aliphatic carbocycles. The van der Waals surface area contributed by atoms with Crippen molar-refractivity contribution in [3.05, 3.63) is 29.3 Å². The third-order valence-corrected chi connectivity index (χ3v) is 4.94. The standard InChI is InChI=1S/C22H38N4O2/c1-4-15-28-21-16-18(3)7-8-19(21)17-25-22(23-5-2)24-11-6-12-26-13-9-20(27)10-14-26/h7-8,16,20,27H,4-6,9-15,17H2,1-3H3,(H2,23,24,25). The zero-order valence-corrected chi connectivity index (χ0v) is 17.8. The third-order valence-electron chi connectivity index (χ3n) is 4.94. The number of ether oxygens (including phenoxy) is 1. The highest BCUT2D eigenvalue weighted by Gasteiger charge is 2.16. The van der Waals surface area contributed by atoms with Gasteiger partial charge in [0.2, 0.25) is 0 Å². The van der Waals surface area contributed by atoms with E-state index in [2.05, 4.69) is 54.5 Å². The van der Waals surface area contributed by atoms with Crippen LogP contribution in [0.5, 0.6) is 5.75 Å². The molecule has 1 aromatic carbocycles. The molecule has 158 valence electrons. The first-order valence-corrected chi connectivity index (χ1v) is 10.8. The summed E-state index contributed by atoms with van der Waals surface area (Å²) in [6, 6.07) is 6.31. The smallest absolute Gasteiger partial charge is 0.191 e. The second-order valence-electron chi connectivity index (χ2n) is 7.51. The number of aliphatic imine (C=N–C) groups is 1. The number of aryl methyl sites for hydroxylation is 1. The van der Waals surface area contributed by atoms with Crippen LogP contribution in [-0.2, 0) is 6.54 Å². The van der Waals surface area contributed by atoms with Crippen molar-refractivity contribution in [1.29, 1.82) is 0 Å². The minimum absolute atomic E-state index is 0.102. The van der Waals surface area contributed by atoms with Gasteiger partial charge in [0, 0.05) is 31.7 Å². The van der Waals surface area contributed by atoms with Crippen molar-refractivity contribution in [3.63, 3.8) is 0 Å². The van der Waals surface area contributed by atoms with E-state index in [9.17, 15) is 5.11 Å². The van der Waals surface area contributed by atoms with Gasteiger partial charge in [0.25, 0.3) is 0 Å². The molecule has 1 saturated heterocycles. The van der Waals surface area contributed by atoms with E-state index >= 15 is 0 Å². The number of hydrogen-bond donors (Lipinski definition) is 3. The van der Waals surface area contributed by atoms with Crippen LogP contribution in [0.2, 0.25) is 0 Å². The van der Waals surface area contributed by atoms with Crippen molar-refractivity contribution >= 4 is 5.96 Å². The fourth-order valence-corrected chi connectivity index (χ4v) is 3.30. The van der Waals surface area contributed by atoms with E-state index in [1.165, 1.54) is 5.56 Å². The maximum atomic E-state index is 9.59. The molecule has 0 radical (unpaired) electrons. The Hall–Kier alpha value is -1.79. The third kappa shape index (κ3) is 8.07. The lowest BCUT2D eigenvalue weighted by atomic mass is 10.1. The summed E-state index contributed by atoms with van der Waals surface area (Å²) in [5, 5.41) is 16.4. The molecule has 1 fully saturated rings. The second-order valence-corrected chi connectivity index (χ2v) is 7.51. The van der Waals surface area contributed by atoms with Crippen LogP contribution >= 0.6 is 0 Å². The number of piperidine rings is 1. The zero-order valence-electron chi connectivity index (χ0n) is 17.8. The Balaban J connectivity index is 1.83. The summed E-state index contributed by atoms with van der Waals surface area (Å²) in [6.07, 6.45) is 3.76. The molecular weight excluding hydrogens is 352 g/mol. The molecule has 1 aliphatic heterocycles. The van der Waals surface area contributed by atoms with Gasteiger partial charge in [-0.15, -0.1) is 0 Å². The summed E-state index contributed by atoms with van der Waals surface area (Å²) in [6.45, 7) is 12.4. The number of benzene rings is 1. The average Bonchev–Trinajstić information content (AvgIpc) is 2.70. The van der Waals surface area contributed by atoms with Gasteiger partial charge in [0.1, 0.15) is 5.75 Å². The summed E-state index contributed by atoms with van der Waals surface area (Å²) >= 11 is 0. The van der Waals surface area contributed by atoms with Crippen molar-refractivity contribution in [3.8, 4) is 5.75 Å². The molecule has 6 nitrogen and oxygen atoms in total. The molecule has 0 spiro atoms. The van der Waals surface area contributed by atoms with Crippen LogP contribution < -0.4 is 15.4 Å². The first kappa shape index (κ1) is 22.5. The SMILES string of the molecule is CCCOc1cc(C)ccc1CN=C(NCC)NCCCN1CCC(O)CC1. The van der Waals surface area contributed by atoms with Gasteiger partial charge >= 0.3 is 0 Å². The number of aliphatic hydroxyl groups is 1. The lowest BCUT2D eigenvalue weighted by molar-refractivity contribution is 0.0823. The number of guanidine groups is 1. The summed E-state index contributed by atoms with van der Waals surface area (Å²) in [7, 11) is 0. The van der Waals surface area contributed by atoms with Gasteiger partial charge in [-0.05, 0) is 57.7 Å². The Labute approximate surface area is 170 Å². The molecule has 1 heterocycles. The highest BCUT2D eigenvalue weighted by atomic mass is 16.5. The normalized spacial score (nSPS) is 16.2. The maximum Gasteiger partial charge on any atom is 0.191 e. The van der Waals surface area contributed by atoms with E-state index in [4.69, 9.17) is 9.73 Å². The predicted octanol–water partition coefficient (Wildman–Crippen LogP) is 2.69. The summed E-state index contributed by atoms with van der Waals surface area (Å²) in [5.41, 5.74) is 2.32. The van der Waals surface area contributed by atoms with Gasteiger partial charge in [-0.3, -0.25) is 0 Å². The number of aliphatic hydroxyl groups excluding tert-OH is 1. The predicted molar refractivity (Wildman–Crippen MR) is 116 cm³/mol. The van der Waals surface area contributed by atoms with Crippen LogP contribution in [0.25, 0.3) is 0 Å². The highest BCUT2D eigenvalue weighted by molar-refractivity contribution is 5.79. The van der Waals surface area contributed by atoms with Gasteiger partial charge in [0.05, 0.1) is 19.3 Å². The van der Waals surface area contributed by atoms with Crippen LogP contribution in [0.1, 0.15) is 50.7 Å². The maximum absolute atomic E-state index is 9.59. The average molecular weight is 391 g/mol. The van der Waals surface area contributed by atoms with E-state index in [-0.39, 0.29) is 6.10 Å². The van der Waals surface area contributed by atoms with Gasteiger partial charge in [-0.2, -0.15) is 0 Å². The Kier molecular flexibility index (Phi) is 10.1. The first-order valence-electron chi connectivity index (χ1n) is 10.8. The molecule has 6 heteroatoms. The van der Waals surface area contributed by atoms with Crippen LogP contribution in [0, 0.1) is 6.92 Å². The Morgan fingerprint density at radius 2 is 2.04 bits per heavy atom. The van der Waals surface area contributed by atoms with E-state index in [0.29, 0.717) is 6.54 Å². The zero-order chi connectivity index (χ0) is 20.2. The minimum Gasteiger partial charge on any atom is -0.493 e. The molecule has 1 aliphatic rings. The van der Waals surface area contributed by atoms with E-state index in [0.717, 1.165) is 82.3 Å². The van der Waals surface area contributed by atoms with Gasteiger partial charge in [-0.1, -0.05) is 19.1 Å². The molecule has 0 bridgehead atoms. The molecule has 0 unspecified atom stereocenters. The van der Waals surface area contributed by atoms with Gasteiger partial charge < -0.3 is 25.4 Å². The van der Waals surface area contributed by atoms with Crippen molar-refractivity contribution in [1.82, 2.24) is 15.5 Å². The van der Waals surface area contributed by atoms with Gasteiger partial charge in [0.15, 0.2) is 5.96 Å². The highest BCUT2D eigenvalue weighted by Crippen LogP contribution is 2.21. The van der Waals surface area contributed by atoms with E-state index < -0.39 is 0 Å². The fraction of sp³-hybridized carbons (Fsp3) is 0.682. The van der Waals surface area contributed by atoms with E-state index in [1.54, 1.807) is 0 Å². The van der Waals surface area contributed by atoms with Crippen molar-refractivity contribution < 1.29 is 9.84 Å². The molecule has 1 aromatic rings. The molecular formula is C22H38N4O2. The van der Waals surface area contributed by atoms with E-state index in [1.807, 2.05) is 0 Å². The summed E-state index contributed by atoms with van der Waals surface area (Å²) in [5.74, 6) is 1.78. The summed E-state index contributed by atoms with van der Waals surface area (Å²) in [4.78, 5) is 7.18. The Bertz CT molecular complexity index is 598. The van der Waals surface area contributed by atoms with Gasteiger partial charge in [-0.25, -0.2) is 4.99 Å². The fourth-order valence-electron chi connectivity index (χ4n) is 3.30. The van der Waals surface area contributed by atoms with Crippen LogP contribution in [-0.4, -0.2) is 61.4 Å². The monoisotopic (exact) mass is 390 g/mol. The quantitative estimate of drug-likeness (QED) is 0.326. The summed E-state index contributed by atoms with van der Waals surface area (Å²) < 4.78 is 5.90. The molecule has 28 heavy (non-hydrogen) atoms. The number of hydrogen-bond acceptors (Lipinski definition) is 4. The molecule has 3 N–H and O–H groups in total. The number of rotatable bonds is 10. The van der Waals surface area contributed by atoms with Crippen molar-refractivity contribution in [2.24, 2.45) is 4.99 Å². The number of nitrogens with zero attached hydrogens (tertiary/aromatic N) is 2. The lowest BCUT2D eigenvalue weighted by Crippen LogP contribution is -2.40. The topological polar surface area (TPSA) is 69.1 Å². The minimum atomic E-state index is -0.102. The van der Waals surface area contributed by atoms with Crippen molar-refractivity contribution in [2.45, 2.75) is 59.1 Å². The lowest BCUT2D eigenvalue weighted by Gasteiger charge is -2.29. The Morgan fingerprint density at radius 1 is 1.25 bits per heavy atom. The molecule has 0 saturated carbocycles.